The Morgan fingerprint density at radius 1 is 1.35 bits per heavy atom. The van der Waals surface area contributed by atoms with E-state index in [-0.39, 0.29) is 11.7 Å². The maximum absolute atomic E-state index is 13.2. The molecule has 2 rings (SSSR count). The van der Waals surface area contributed by atoms with E-state index >= 15 is 0 Å². The van der Waals surface area contributed by atoms with Crippen LogP contribution in [0.3, 0.4) is 0 Å². The van der Waals surface area contributed by atoms with Gasteiger partial charge < -0.3 is 4.90 Å². The molecule has 3 unspecified atom stereocenters. The van der Waals surface area contributed by atoms with Gasteiger partial charge in [0.05, 0.1) is 0 Å². The minimum atomic E-state index is -0.202. The molecule has 1 aromatic rings. The molecule has 1 saturated carbocycles. The van der Waals surface area contributed by atoms with E-state index in [9.17, 15) is 9.18 Å². The summed E-state index contributed by atoms with van der Waals surface area (Å²) in [6.45, 7) is 5.78. The fraction of sp³-hybridized carbons (Fsp3) is 0.588. The van der Waals surface area contributed by atoms with Gasteiger partial charge in [-0.3, -0.25) is 4.79 Å². The summed E-state index contributed by atoms with van der Waals surface area (Å²) in [5.41, 5.74) is 0.955. The molecule has 3 atom stereocenters. The number of carbonyl (C=O) groups excluding carboxylic acids is 1. The van der Waals surface area contributed by atoms with Gasteiger partial charge in [0.15, 0.2) is 0 Å². The van der Waals surface area contributed by atoms with Crippen molar-refractivity contribution in [3.63, 3.8) is 0 Å². The van der Waals surface area contributed by atoms with Gasteiger partial charge in [0.25, 0.3) is 0 Å². The first-order chi connectivity index (χ1) is 9.45. The molecular weight excluding hydrogens is 253 g/mol. The number of benzene rings is 1. The highest BCUT2D eigenvalue weighted by Crippen LogP contribution is 2.31. The van der Waals surface area contributed by atoms with Crippen molar-refractivity contribution in [2.45, 2.75) is 33.2 Å². The van der Waals surface area contributed by atoms with Crippen LogP contribution in [0, 0.1) is 23.6 Å². The van der Waals surface area contributed by atoms with Gasteiger partial charge >= 0.3 is 0 Å². The van der Waals surface area contributed by atoms with E-state index in [1.54, 1.807) is 12.1 Å². The Kier molecular flexibility index (Phi) is 4.92. The number of rotatable bonds is 4. The van der Waals surface area contributed by atoms with E-state index in [0.717, 1.165) is 18.5 Å². The molecule has 1 aliphatic carbocycles. The predicted molar refractivity (Wildman–Crippen MR) is 78.8 cm³/mol. The first-order valence-corrected chi connectivity index (χ1v) is 7.41. The highest BCUT2D eigenvalue weighted by atomic mass is 19.1. The van der Waals surface area contributed by atoms with Crippen molar-refractivity contribution >= 4 is 5.78 Å². The second kappa shape index (κ2) is 6.49. The zero-order valence-electron chi connectivity index (χ0n) is 12.6. The summed E-state index contributed by atoms with van der Waals surface area (Å²) < 4.78 is 13.2. The number of carbonyl (C=O) groups is 1. The van der Waals surface area contributed by atoms with Crippen LogP contribution in [0.2, 0.25) is 0 Å². The van der Waals surface area contributed by atoms with Crippen LogP contribution in [0.1, 0.15) is 32.3 Å². The average molecular weight is 277 g/mol. The molecule has 0 aromatic heterocycles. The molecule has 0 saturated heterocycles. The lowest BCUT2D eigenvalue weighted by atomic mass is 9.74. The lowest BCUT2D eigenvalue weighted by molar-refractivity contribution is -0.128. The summed E-state index contributed by atoms with van der Waals surface area (Å²) in [4.78, 5) is 14.3. The van der Waals surface area contributed by atoms with E-state index in [2.05, 4.69) is 18.7 Å². The molecule has 0 N–H and O–H groups in total. The Labute approximate surface area is 121 Å². The van der Waals surface area contributed by atoms with Crippen molar-refractivity contribution in [1.82, 2.24) is 4.90 Å². The van der Waals surface area contributed by atoms with Crippen molar-refractivity contribution in [2.75, 3.05) is 13.6 Å². The van der Waals surface area contributed by atoms with Gasteiger partial charge in [0.1, 0.15) is 11.6 Å². The summed E-state index contributed by atoms with van der Waals surface area (Å²) >= 11 is 0. The van der Waals surface area contributed by atoms with Crippen molar-refractivity contribution in [3.05, 3.63) is 35.6 Å². The van der Waals surface area contributed by atoms with Gasteiger partial charge in [-0.15, -0.1) is 0 Å². The van der Waals surface area contributed by atoms with Gasteiger partial charge in [0, 0.05) is 25.4 Å². The van der Waals surface area contributed by atoms with Crippen molar-refractivity contribution in [1.29, 1.82) is 0 Å². The molecule has 2 nitrogen and oxygen atoms in total. The first-order valence-electron chi connectivity index (χ1n) is 7.41. The van der Waals surface area contributed by atoms with Crippen molar-refractivity contribution in [3.8, 4) is 0 Å². The number of nitrogens with zero attached hydrogens (tertiary/aromatic N) is 1. The van der Waals surface area contributed by atoms with Crippen LogP contribution in [-0.2, 0) is 11.3 Å². The number of hydrogen-bond donors (Lipinski definition) is 0. The fourth-order valence-corrected chi connectivity index (χ4v) is 3.32. The maximum Gasteiger partial charge on any atom is 0.137 e. The third-order valence-electron chi connectivity index (χ3n) is 4.27. The Balaban J connectivity index is 1.94. The maximum atomic E-state index is 13.2. The lowest BCUT2D eigenvalue weighted by Crippen LogP contribution is -2.38. The molecule has 1 aromatic carbocycles. The summed E-state index contributed by atoms with van der Waals surface area (Å²) in [7, 11) is 2.00. The van der Waals surface area contributed by atoms with E-state index in [1.165, 1.54) is 6.07 Å². The smallest absolute Gasteiger partial charge is 0.137 e. The van der Waals surface area contributed by atoms with Crippen LogP contribution in [-0.4, -0.2) is 24.3 Å². The predicted octanol–water partition coefficient (Wildman–Crippen LogP) is 3.51. The van der Waals surface area contributed by atoms with Gasteiger partial charge in [-0.2, -0.15) is 0 Å². The van der Waals surface area contributed by atoms with E-state index < -0.39 is 0 Å². The molecule has 3 heteroatoms. The average Bonchev–Trinajstić information content (AvgIpc) is 2.33. The van der Waals surface area contributed by atoms with Crippen molar-refractivity contribution < 1.29 is 9.18 Å². The zero-order chi connectivity index (χ0) is 14.7. The molecule has 0 bridgehead atoms. The lowest BCUT2D eigenvalue weighted by Gasteiger charge is -2.34. The third kappa shape index (κ3) is 3.89. The molecule has 1 fully saturated rings. The Morgan fingerprint density at radius 2 is 2.10 bits per heavy atom. The summed E-state index contributed by atoms with van der Waals surface area (Å²) in [6.07, 6.45) is 1.84. The SMILES string of the molecule is CC1CC(=O)C(CN(C)Cc2cccc(F)c2)C(C)C1. The van der Waals surface area contributed by atoms with Gasteiger partial charge in [-0.1, -0.05) is 26.0 Å². The first kappa shape index (κ1) is 15.2. The number of hydrogen-bond acceptors (Lipinski definition) is 2. The molecule has 110 valence electrons. The summed E-state index contributed by atoms with van der Waals surface area (Å²) in [6, 6.07) is 6.67. The van der Waals surface area contributed by atoms with Gasteiger partial charge in [-0.05, 0) is 43.0 Å². The minimum absolute atomic E-state index is 0.129. The number of halogens is 1. The topological polar surface area (TPSA) is 20.3 Å². The largest absolute Gasteiger partial charge is 0.301 e. The normalized spacial score (nSPS) is 27.1. The van der Waals surface area contributed by atoms with E-state index in [0.29, 0.717) is 30.6 Å². The third-order valence-corrected chi connectivity index (χ3v) is 4.27. The Hall–Kier alpha value is -1.22. The molecule has 0 heterocycles. The summed E-state index contributed by atoms with van der Waals surface area (Å²) in [5, 5.41) is 0. The number of ketones is 1. The molecule has 0 radical (unpaired) electrons. The Bertz CT molecular complexity index is 474. The van der Waals surface area contributed by atoms with Crippen LogP contribution in [0.15, 0.2) is 24.3 Å². The summed E-state index contributed by atoms with van der Waals surface area (Å²) in [5.74, 6) is 1.28. The van der Waals surface area contributed by atoms with Crippen LogP contribution < -0.4 is 0 Å². The monoisotopic (exact) mass is 277 g/mol. The number of Topliss-reactive ketones (excluding diaryl/α,β-unsaturated/α-hetero) is 1. The quantitative estimate of drug-likeness (QED) is 0.839. The molecule has 20 heavy (non-hydrogen) atoms. The molecular formula is C17H24FNO. The minimum Gasteiger partial charge on any atom is -0.301 e. The van der Waals surface area contributed by atoms with Crippen molar-refractivity contribution in [2.24, 2.45) is 17.8 Å². The van der Waals surface area contributed by atoms with E-state index in [1.807, 2.05) is 13.1 Å². The highest BCUT2D eigenvalue weighted by Gasteiger charge is 2.32. The molecule has 0 amide bonds. The molecule has 0 aliphatic heterocycles. The molecule has 1 aliphatic rings. The van der Waals surface area contributed by atoms with E-state index in [4.69, 9.17) is 0 Å². The second-order valence-corrected chi connectivity index (χ2v) is 6.42. The zero-order valence-corrected chi connectivity index (χ0v) is 12.6. The highest BCUT2D eigenvalue weighted by molar-refractivity contribution is 5.82. The van der Waals surface area contributed by atoms with Crippen LogP contribution in [0.5, 0.6) is 0 Å². The van der Waals surface area contributed by atoms with Gasteiger partial charge in [-0.25, -0.2) is 4.39 Å². The van der Waals surface area contributed by atoms with Crippen LogP contribution in [0.4, 0.5) is 4.39 Å². The van der Waals surface area contributed by atoms with Crippen LogP contribution >= 0.6 is 0 Å². The van der Waals surface area contributed by atoms with Gasteiger partial charge in [0.2, 0.25) is 0 Å². The Morgan fingerprint density at radius 3 is 2.75 bits per heavy atom. The molecule has 0 spiro atoms. The fourth-order valence-electron chi connectivity index (χ4n) is 3.32. The second-order valence-electron chi connectivity index (χ2n) is 6.42. The van der Waals surface area contributed by atoms with Crippen LogP contribution in [0.25, 0.3) is 0 Å². The standard InChI is InChI=1S/C17H24FNO/c1-12-7-13(2)16(17(20)8-12)11-19(3)10-14-5-4-6-15(18)9-14/h4-6,9,12-13,16H,7-8,10-11H2,1-3H3.